The number of carbonyl (C=O) groups excluding carboxylic acids is 1. The van der Waals surface area contributed by atoms with E-state index < -0.39 is 17.2 Å². The van der Waals surface area contributed by atoms with Gasteiger partial charge in [-0.25, -0.2) is 4.79 Å². The molecule has 0 saturated heterocycles. The molecule has 4 aliphatic carbocycles. The Labute approximate surface area is 179 Å². The molecule has 0 aromatic heterocycles. The van der Waals surface area contributed by atoms with Crippen molar-refractivity contribution in [1.29, 1.82) is 0 Å². The Morgan fingerprint density at radius 2 is 2.00 bits per heavy atom. The van der Waals surface area contributed by atoms with Crippen LogP contribution in [0.2, 0.25) is 0 Å². The molecule has 164 valence electrons. The Morgan fingerprint density at radius 3 is 2.63 bits per heavy atom. The van der Waals surface area contributed by atoms with Crippen molar-refractivity contribution in [2.75, 3.05) is 14.2 Å². The molecule has 4 aliphatic rings. The van der Waals surface area contributed by atoms with Crippen molar-refractivity contribution in [3.8, 4) is 12.3 Å². The van der Waals surface area contributed by atoms with Gasteiger partial charge >= 0.3 is 6.16 Å². The normalized spacial score (nSPS) is 46.9. The average Bonchev–Trinajstić information content (AvgIpc) is 2.96. The second kappa shape index (κ2) is 7.05. The first-order valence-electron chi connectivity index (χ1n) is 11.0. The first kappa shape index (κ1) is 21.3. The molecule has 2 fully saturated rings. The third kappa shape index (κ3) is 2.62. The molecule has 0 aliphatic heterocycles. The van der Waals surface area contributed by atoms with Gasteiger partial charge in [-0.05, 0) is 61.0 Å². The predicted octanol–water partition coefficient (Wildman–Crippen LogP) is 4.46. The van der Waals surface area contributed by atoms with Gasteiger partial charge in [0.1, 0.15) is 11.4 Å². The highest BCUT2D eigenvalue weighted by atomic mass is 16.7. The molecule has 1 N–H and O–H groups in total. The monoisotopic (exact) mass is 414 g/mol. The van der Waals surface area contributed by atoms with Gasteiger partial charge in [-0.2, -0.15) is 0 Å². The summed E-state index contributed by atoms with van der Waals surface area (Å²) >= 11 is 0. The van der Waals surface area contributed by atoms with Crippen LogP contribution in [-0.2, 0) is 14.2 Å². The summed E-state index contributed by atoms with van der Waals surface area (Å²) in [6.07, 6.45) is 13.1. The summed E-state index contributed by atoms with van der Waals surface area (Å²) in [6, 6.07) is 0. The molecule has 4 rings (SSSR count). The molecule has 5 nitrogen and oxygen atoms in total. The second-order valence-corrected chi connectivity index (χ2v) is 10.2. The van der Waals surface area contributed by atoms with E-state index in [0.717, 1.165) is 30.6 Å². The number of aliphatic hydroxyl groups is 1. The molecular weight excluding hydrogens is 380 g/mol. The van der Waals surface area contributed by atoms with E-state index in [0.29, 0.717) is 12.8 Å². The quantitative estimate of drug-likeness (QED) is 0.534. The van der Waals surface area contributed by atoms with Crippen LogP contribution < -0.4 is 0 Å². The Balaban J connectivity index is 1.86. The van der Waals surface area contributed by atoms with Gasteiger partial charge in [0.05, 0.1) is 26.2 Å². The standard InChI is InChI=1S/C25H34O5/c1-7-16-14-24(4)17(13-20(16)28-5)8-9-18-19-12-15(2)21(26)23(19,3)10-11-25(18,24)30-22(27)29-6/h1,8,13,15-16,18-19,21,26H,9-12,14H2,2-6H3/t15-,16?,18-,19-,21-,23-,24-,25+/m0/s1. The van der Waals surface area contributed by atoms with Crippen molar-refractivity contribution in [2.24, 2.45) is 34.5 Å². The lowest BCUT2D eigenvalue weighted by Crippen LogP contribution is -2.64. The molecular formula is C25H34O5. The average molecular weight is 415 g/mol. The van der Waals surface area contributed by atoms with Gasteiger partial charge in [-0.3, -0.25) is 0 Å². The Hall–Kier alpha value is -1.93. The molecule has 0 spiro atoms. The molecule has 0 heterocycles. The fourth-order valence-corrected chi connectivity index (χ4v) is 7.40. The zero-order chi connectivity index (χ0) is 21.9. The van der Waals surface area contributed by atoms with Gasteiger partial charge in [0.2, 0.25) is 0 Å². The zero-order valence-corrected chi connectivity index (χ0v) is 18.7. The van der Waals surface area contributed by atoms with Crippen molar-refractivity contribution in [3.63, 3.8) is 0 Å². The lowest BCUT2D eigenvalue weighted by Gasteiger charge is -2.62. The van der Waals surface area contributed by atoms with Crippen molar-refractivity contribution in [2.45, 2.75) is 64.6 Å². The minimum atomic E-state index is -0.719. The van der Waals surface area contributed by atoms with E-state index in [-0.39, 0.29) is 35.2 Å². The summed E-state index contributed by atoms with van der Waals surface area (Å²) in [4.78, 5) is 12.5. The first-order chi connectivity index (χ1) is 14.2. The van der Waals surface area contributed by atoms with Gasteiger partial charge in [-0.1, -0.05) is 32.8 Å². The first-order valence-corrected chi connectivity index (χ1v) is 11.0. The van der Waals surface area contributed by atoms with Crippen LogP contribution in [0.1, 0.15) is 52.9 Å². The molecule has 0 radical (unpaired) electrons. The highest BCUT2D eigenvalue weighted by molar-refractivity contribution is 5.61. The van der Waals surface area contributed by atoms with Crippen LogP contribution in [0.5, 0.6) is 0 Å². The van der Waals surface area contributed by atoms with Crippen LogP contribution >= 0.6 is 0 Å². The lowest BCUT2D eigenvalue weighted by molar-refractivity contribution is -0.196. The summed E-state index contributed by atoms with van der Waals surface area (Å²) in [5.41, 5.74) is -0.201. The molecule has 0 amide bonds. The highest BCUT2D eigenvalue weighted by Crippen LogP contribution is 2.68. The second-order valence-electron chi connectivity index (χ2n) is 10.2. The van der Waals surface area contributed by atoms with Crippen LogP contribution in [-0.4, -0.2) is 37.2 Å². The Morgan fingerprint density at radius 1 is 1.27 bits per heavy atom. The van der Waals surface area contributed by atoms with Crippen LogP contribution in [0.4, 0.5) is 4.79 Å². The number of allylic oxidation sites excluding steroid dienone is 3. The van der Waals surface area contributed by atoms with Crippen LogP contribution in [0, 0.1) is 46.8 Å². The van der Waals surface area contributed by atoms with Gasteiger partial charge in [0.15, 0.2) is 0 Å². The SMILES string of the molecule is C#CC1C[C@@]2(C)C(=CC[C@H]3[C@@H]4C[C@H](C)[C@H](O)[C@@]4(C)CC[C@@]32OC(=O)OC)C=C1OC. The Bertz CT molecular complexity index is 837. The van der Waals surface area contributed by atoms with E-state index in [2.05, 4.69) is 32.8 Å². The van der Waals surface area contributed by atoms with Crippen molar-refractivity contribution in [1.82, 2.24) is 0 Å². The predicted molar refractivity (Wildman–Crippen MR) is 113 cm³/mol. The van der Waals surface area contributed by atoms with E-state index in [4.69, 9.17) is 20.6 Å². The number of methoxy groups -OCH3 is 2. The van der Waals surface area contributed by atoms with Crippen molar-refractivity contribution < 1.29 is 24.1 Å². The van der Waals surface area contributed by atoms with E-state index in [9.17, 15) is 9.90 Å². The molecule has 5 heteroatoms. The van der Waals surface area contributed by atoms with E-state index in [1.54, 1.807) is 7.11 Å². The van der Waals surface area contributed by atoms with E-state index in [1.165, 1.54) is 7.11 Å². The Kier molecular flexibility index (Phi) is 5.01. The molecule has 0 aromatic carbocycles. The third-order valence-electron chi connectivity index (χ3n) is 9.09. The number of ether oxygens (including phenoxy) is 3. The molecule has 0 bridgehead atoms. The third-order valence-corrected chi connectivity index (χ3v) is 9.09. The smallest absolute Gasteiger partial charge is 0.500 e. The van der Waals surface area contributed by atoms with Gasteiger partial charge < -0.3 is 19.3 Å². The lowest BCUT2D eigenvalue weighted by atomic mass is 9.45. The van der Waals surface area contributed by atoms with Crippen molar-refractivity contribution in [3.05, 3.63) is 23.5 Å². The zero-order valence-electron chi connectivity index (χ0n) is 18.7. The number of hydrogen-bond donors (Lipinski definition) is 1. The van der Waals surface area contributed by atoms with Crippen LogP contribution in [0.25, 0.3) is 0 Å². The van der Waals surface area contributed by atoms with Gasteiger partial charge in [0.25, 0.3) is 0 Å². The largest absolute Gasteiger partial charge is 0.508 e. The summed E-state index contributed by atoms with van der Waals surface area (Å²) < 4.78 is 16.8. The minimum Gasteiger partial charge on any atom is -0.500 e. The maximum Gasteiger partial charge on any atom is 0.508 e. The minimum absolute atomic E-state index is 0.111. The summed E-state index contributed by atoms with van der Waals surface area (Å²) in [5, 5.41) is 11.0. The fraction of sp³-hybridized carbons (Fsp3) is 0.720. The fourth-order valence-electron chi connectivity index (χ4n) is 7.40. The van der Waals surface area contributed by atoms with E-state index in [1.807, 2.05) is 6.08 Å². The summed E-state index contributed by atoms with van der Waals surface area (Å²) in [5.74, 6) is 4.11. The molecule has 0 aromatic rings. The van der Waals surface area contributed by atoms with Crippen LogP contribution in [0.15, 0.2) is 23.5 Å². The van der Waals surface area contributed by atoms with Crippen molar-refractivity contribution >= 4 is 6.16 Å². The molecule has 30 heavy (non-hydrogen) atoms. The maximum absolute atomic E-state index is 12.5. The van der Waals surface area contributed by atoms with Crippen LogP contribution in [0.3, 0.4) is 0 Å². The van der Waals surface area contributed by atoms with Gasteiger partial charge in [0, 0.05) is 11.3 Å². The summed E-state index contributed by atoms with van der Waals surface area (Å²) in [7, 11) is 3.01. The number of carbonyl (C=O) groups is 1. The number of fused-ring (bicyclic) bond motifs is 5. The number of terminal acetylenes is 1. The molecule has 1 unspecified atom stereocenters. The summed E-state index contributed by atoms with van der Waals surface area (Å²) in [6.45, 7) is 6.52. The molecule has 8 atom stereocenters. The number of rotatable bonds is 2. The highest BCUT2D eigenvalue weighted by Gasteiger charge is 2.69. The number of aliphatic hydroxyl groups excluding tert-OH is 1. The maximum atomic E-state index is 12.5. The topological polar surface area (TPSA) is 65.0 Å². The molecule has 2 saturated carbocycles. The van der Waals surface area contributed by atoms with E-state index >= 15 is 0 Å². The number of hydrogen-bond acceptors (Lipinski definition) is 5. The van der Waals surface area contributed by atoms with Gasteiger partial charge in [-0.15, -0.1) is 6.42 Å².